The number of aryl methyl sites for hydroxylation is 1. The van der Waals surface area contributed by atoms with Crippen molar-refractivity contribution in [2.45, 2.75) is 13.5 Å². The average molecular weight is 266 g/mol. The van der Waals surface area contributed by atoms with E-state index in [0.717, 1.165) is 13.1 Å². The Bertz CT molecular complexity index is 466. The number of rotatable bonds is 2. The molecule has 1 fully saturated rings. The summed E-state index contributed by atoms with van der Waals surface area (Å²) in [4.78, 5) is 31.0. The molecule has 0 bridgehead atoms. The Morgan fingerprint density at radius 3 is 2.63 bits per heavy atom. The second kappa shape index (κ2) is 5.79. The second-order valence-electron chi connectivity index (χ2n) is 4.54. The highest BCUT2D eigenvalue weighted by atomic mass is 16.2. The molecule has 0 aliphatic carbocycles. The van der Waals surface area contributed by atoms with Gasteiger partial charge in [-0.2, -0.15) is 5.10 Å². The Kier molecular flexibility index (Phi) is 4.10. The van der Waals surface area contributed by atoms with E-state index in [0.29, 0.717) is 24.7 Å². The number of aromatic amines is 1. The monoisotopic (exact) mass is 266 g/mol. The number of nitrogens with one attached hydrogen (secondary N) is 2. The van der Waals surface area contributed by atoms with Gasteiger partial charge in [0.15, 0.2) is 5.82 Å². The van der Waals surface area contributed by atoms with Crippen LogP contribution < -0.4 is 5.32 Å². The predicted octanol–water partition coefficient (Wildman–Crippen LogP) is -1.50. The first kappa shape index (κ1) is 13.5. The lowest BCUT2D eigenvalue weighted by atomic mass is 10.3. The maximum absolute atomic E-state index is 12.0. The van der Waals surface area contributed by atoms with Crippen LogP contribution in [0.3, 0.4) is 0 Å². The molecule has 0 spiro atoms. The molecule has 2 N–H and O–H groups in total. The van der Waals surface area contributed by atoms with Crippen LogP contribution in [0.2, 0.25) is 0 Å². The second-order valence-corrected chi connectivity index (χ2v) is 4.54. The van der Waals surface area contributed by atoms with Gasteiger partial charge in [-0.1, -0.05) is 0 Å². The fraction of sp³-hybridized carbons (Fsp3) is 0.636. The van der Waals surface area contributed by atoms with E-state index >= 15 is 0 Å². The molecule has 8 heteroatoms. The fourth-order valence-electron chi connectivity index (χ4n) is 1.91. The van der Waals surface area contributed by atoms with Crippen LogP contribution in [0.1, 0.15) is 11.6 Å². The third-order valence-electron chi connectivity index (χ3n) is 2.96. The zero-order valence-electron chi connectivity index (χ0n) is 11.1. The number of carbonyl (C=O) groups excluding carboxylic acids is 2. The Morgan fingerprint density at radius 1 is 1.37 bits per heavy atom. The van der Waals surface area contributed by atoms with Crippen LogP contribution >= 0.6 is 0 Å². The number of aromatic nitrogens is 3. The summed E-state index contributed by atoms with van der Waals surface area (Å²) in [6.07, 6.45) is 0. The first-order chi connectivity index (χ1) is 9.08. The smallest absolute Gasteiger partial charge is 0.312 e. The van der Waals surface area contributed by atoms with Crippen molar-refractivity contribution < 1.29 is 9.59 Å². The highest BCUT2D eigenvalue weighted by Crippen LogP contribution is 2.01. The summed E-state index contributed by atoms with van der Waals surface area (Å²) >= 11 is 0. The molecule has 1 saturated heterocycles. The quantitative estimate of drug-likeness (QED) is 0.636. The molecule has 19 heavy (non-hydrogen) atoms. The SMILES string of the molecule is Cc1nc(CN(C)C(=O)C(=O)N2CCNCC2)n[nH]1. The Balaban J connectivity index is 1.92. The zero-order chi connectivity index (χ0) is 13.8. The number of carbonyl (C=O) groups is 2. The highest BCUT2D eigenvalue weighted by Gasteiger charge is 2.26. The summed E-state index contributed by atoms with van der Waals surface area (Å²) in [5, 5.41) is 9.79. The van der Waals surface area contributed by atoms with E-state index in [-0.39, 0.29) is 6.54 Å². The maximum atomic E-state index is 12.0. The molecule has 1 aliphatic heterocycles. The van der Waals surface area contributed by atoms with Crippen molar-refractivity contribution in [1.82, 2.24) is 30.3 Å². The van der Waals surface area contributed by atoms with Gasteiger partial charge in [-0.3, -0.25) is 14.7 Å². The topological polar surface area (TPSA) is 94.2 Å². The van der Waals surface area contributed by atoms with Crippen LogP contribution in [-0.4, -0.2) is 70.0 Å². The Hall–Kier alpha value is -1.96. The number of likely N-dealkylation sites (N-methyl/N-ethyl adjacent to an activating group) is 1. The van der Waals surface area contributed by atoms with E-state index in [4.69, 9.17) is 0 Å². The largest absolute Gasteiger partial charge is 0.332 e. The maximum Gasteiger partial charge on any atom is 0.312 e. The van der Waals surface area contributed by atoms with Gasteiger partial charge in [0, 0.05) is 33.2 Å². The van der Waals surface area contributed by atoms with Gasteiger partial charge in [-0.25, -0.2) is 4.98 Å². The first-order valence-electron chi connectivity index (χ1n) is 6.21. The molecule has 0 saturated carbocycles. The van der Waals surface area contributed by atoms with E-state index in [1.165, 1.54) is 4.90 Å². The summed E-state index contributed by atoms with van der Waals surface area (Å²) in [6, 6.07) is 0. The normalized spacial score (nSPS) is 15.4. The number of hydrogen-bond acceptors (Lipinski definition) is 5. The third-order valence-corrected chi connectivity index (χ3v) is 2.96. The van der Waals surface area contributed by atoms with Gasteiger partial charge >= 0.3 is 11.8 Å². The number of hydrogen-bond donors (Lipinski definition) is 2. The van der Waals surface area contributed by atoms with Crippen molar-refractivity contribution in [3.05, 3.63) is 11.6 Å². The van der Waals surface area contributed by atoms with E-state index in [1.54, 1.807) is 18.9 Å². The van der Waals surface area contributed by atoms with Crippen LogP contribution in [-0.2, 0) is 16.1 Å². The summed E-state index contributed by atoms with van der Waals surface area (Å²) in [6.45, 7) is 4.59. The minimum atomic E-state index is -0.524. The molecule has 1 aromatic rings. The molecule has 2 amide bonds. The van der Waals surface area contributed by atoms with Gasteiger partial charge in [-0.15, -0.1) is 0 Å². The lowest BCUT2D eigenvalue weighted by Gasteiger charge is -2.28. The lowest BCUT2D eigenvalue weighted by Crippen LogP contribution is -2.51. The lowest BCUT2D eigenvalue weighted by molar-refractivity contribution is -0.151. The molecule has 2 rings (SSSR count). The molecule has 0 aromatic carbocycles. The van der Waals surface area contributed by atoms with Crippen LogP contribution in [0.15, 0.2) is 0 Å². The van der Waals surface area contributed by atoms with Crippen molar-refractivity contribution in [3.63, 3.8) is 0 Å². The average Bonchev–Trinajstić information content (AvgIpc) is 2.83. The zero-order valence-corrected chi connectivity index (χ0v) is 11.1. The molecule has 0 atom stereocenters. The van der Waals surface area contributed by atoms with Gasteiger partial charge in [0.05, 0.1) is 6.54 Å². The third kappa shape index (κ3) is 3.28. The van der Waals surface area contributed by atoms with Gasteiger partial charge in [0.2, 0.25) is 0 Å². The Morgan fingerprint density at radius 2 is 2.05 bits per heavy atom. The minimum Gasteiger partial charge on any atom is -0.332 e. The van der Waals surface area contributed by atoms with Crippen LogP contribution in [0.5, 0.6) is 0 Å². The molecule has 2 heterocycles. The molecular weight excluding hydrogens is 248 g/mol. The van der Waals surface area contributed by atoms with Crippen LogP contribution in [0, 0.1) is 6.92 Å². The minimum absolute atomic E-state index is 0.223. The van der Waals surface area contributed by atoms with Crippen LogP contribution in [0.4, 0.5) is 0 Å². The number of piperazine rings is 1. The molecule has 104 valence electrons. The first-order valence-corrected chi connectivity index (χ1v) is 6.21. The summed E-state index contributed by atoms with van der Waals surface area (Å²) in [5.74, 6) is 0.200. The molecule has 1 aromatic heterocycles. The highest BCUT2D eigenvalue weighted by molar-refractivity contribution is 6.34. The van der Waals surface area contributed by atoms with Crippen molar-refractivity contribution in [2.24, 2.45) is 0 Å². The van der Waals surface area contributed by atoms with E-state index in [1.807, 2.05) is 0 Å². The standard InChI is InChI=1S/C11H18N6O2/c1-8-13-9(15-14-8)7-16(2)10(18)11(19)17-5-3-12-4-6-17/h12H,3-7H2,1-2H3,(H,13,14,15). The summed E-state index contributed by atoms with van der Waals surface area (Å²) in [5.41, 5.74) is 0. The van der Waals surface area contributed by atoms with Gasteiger partial charge < -0.3 is 15.1 Å². The molecule has 8 nitrogen and oxygen atoms in total. The fourth-order valence-corrected chi connectivity index (χ4v) is 1.91. The van der Waals surface area contributed by atoms with Crippen molar-refractivity contribution >= 4 is 11.8 Å². The molecule has 0 unspecified atom stereocenters. The van der Waals surface area contributed by atoms with E-state index < -0.39 is 11.8 Å². The molecule has 1 aliphatic rings. The van der Waals surface area contributed by atoms with Crippen molar-refractivity contribution in [2.75, 3.05) is 33.2 Å². The van der Waals surface area contributed by atoms with Crippen molar-refractivity contribution in [1.29, 1.82) is 0 Å². The number of amides is 2. The van der Waals surface area contributed by atoms with E-state index in [2.05, 4.69) is 20.5 Å². The number of H-pyrrole nitrogens is 1. The molecule has 0 radical (unpaired) electrons. The molecular formula is C11H18N6O2. The van der Waals surface area contributed by atoms with Gasteiger partial charge in [0.1, 0.15) is 5.82 Å². The number of nitrogens with zero attached hydrogens (tertiary/aromatic N) is 4. The van der Waals surface area contributed by atoms with E-state index in [9.17, 15) is 9.59 Å². The van der Waals surface area contributed by atoms with Gasteiger partial charge in [0.25, 0.3) is 0 Å². The summed E-state index contributed by atoms with van der Waals surface area (Å²) < 4.78 is 0. The van der Waals surface area contributed by atoms with Crippen LogP contribution in [0.25, 0.3) is 0 Å². The summed E-state index contributed by atoms with van der Waals surface area (Å²) in [7, 11) is 1.58. The van der Waals surface area contributed by atoms with Gasteiger partial charge in [-0.05, 0) is 6.92 Å². The Labute approximate surface area is 111 Å². The predicted molar refractivity (Wildman–Crippen MR) is 67.0 cm³/mol. The van der Waals surface area contributed by atoms with Crippen molar-refractivity contribution in [3.8, 4) is 0 Å².